The van der Waals surface area contributed by atoms with Gasteiger partial charge in [0.15, 0.2) is 6.29 Å². The van der Waals surface area contributed by atoms with Gasteiger partial charge in [0.2, 0.25) is 11.1 Å². The van der Waals surface area contributed by atoms with Crippen LogP contribution >= 0.6 is 11.5 Å². The van der Waals surface area contributed by atoms with Crippen LogP contribution in [0.3, 0.4) is 0 Å². The van der Waals surface area contributed by atoms with E-state index in [0.717, 1.165) is 26.2 Å². The molecule has 0 unspecified atom stereocenters. The van der Waals surface area contributed by atoms with Crippen LogP contribution in [-0.4, -0.2) is 107 Å². The third kappa shape index (κ3) is 4.03. The number of piperazine rings is 1. The molecule has 1 aromatic rings. The summed E-state index contributed by atoms with van der Waals surface area (Å²) in [6.45, 7) is 3.23. The fraction of sp³-hybridized carbons (Fsp3) is 0.857. The molecule has 2 aliphatic rings. The molecule has 0 spiro atoms. The molecule has 0 aromatic carbocycles. The number of aliphatic hydroxyl groups is 3. The first kappa shape index (κ1) is 18.7. The van der Waals surface area contributed by atoms with Crippen LogP contribution < -0.4 is 10.2 Å². The Morgan fingerprint density at radius 3 is 2.64 bits per heavy atom. The number of aliphatic hydroxyl groups excluding tert-OH is 3. The highest BCUT2D eigenvalue weighted by atomic mass is 32.1. The molecule has 2 saturated heterocycles. The lowest BCUT2D eigenvalue weighted by Gasteiger charge is -2.41. The van der Waals surface area contributed by atoms with Crippen molar-refractivity contribution in [3.8, 4) is 0 Å². The number of hydrogen-bond acceptors (Lipinski definition) is 11. The van der Waals surface area contributed by atoms with Gasteiger partial charge in [-0.05, 0) is 7.05 Å². The number of nitrogens with zero attached hydrogens (tertiary/aromatic N) is 4. The first-order valence-corrected chi connectivity index (χ1v) is 8.99. The molecule has 0 radical (unpaired) electrons. The van der Waals surface area contributed by atoms with Gasteiger partial charge in [0.1, 0.15) is 24.4 Å². The maximum Gasteiger partial charge on any atom is 0.239 e. The van der Waals surface area contributed by atoms with E-state index < -0.39 is 37.3 Å². The minimum Gasteiger partial charge on any atom is -0.394 e. The van der Waals surface area contributed by atoms with E-state index >= 15 is 0 Å². The second-order valence-corrected chi connectivity index (χ2v) is 7.05. The Morgan fingerprint density at radius 2 is 2.00 bits per heavy atom. The Morgan fingerprint density at radius 1 is 1.28 bits per heavy atom. The van der Waals surface area contributed by atoms with Crippen molar-refractivity contribution in [1.82, 2.24) is 14.3 Å². The fourth-order valence-corrected chi connectivity index (χ4v) is 3.62. The van der Waals surface area contributed by atoms with E-state index in [2.05, 4.69) is 31.5 Å². The monoisotopic (exact) mass is 375 g/mol. The zero-order chi connectivity index (χ0) is 18.0. The highest BCUT2D eigenvalue weighted by Gasteiger charge is 2.45. The third-order valence-electron chi connectivity index (χ3n) is 4.60. The van der Waals surface area contributed by atoms with Gasteiger partial charge >= 0.3 is 0 Å². The molecule has 0 aliphatic carbocycles. The van der Waals surface area contributed by atoms with Gasteiger partial charge in [0.25, 0.3) is 0 Å². The van der Waals surface area contributed by atoms with Crippen LogP contribution in [0.4, 0.5) is 11.1 Å². The summed E-state index contributed by atoms with van der Waals surface area (Å²) < 4.78 is 15.1. The topological polar surface area (TPSA) is 123 Å². The number of rotatable bonds is 5. The van der Waals surface area contributed by atoms with Crippen molar-refractivity contribution in [2.24, 2.45) is 0 Å². The minimum absolute atomic E-state index is 0.406. The number of aromatic nitrogens is 2. The predicted octanol–water partition coefficient (Wildman–Crippen LogP) is -1.84. The fourth-order valence-electron chi connectivity index (χ4n) is 2.99. The van der Waals surface area contributed by atoms with Crippen molar-refractivity contribution in [1.29, 1.82) is 0 Å². The maximum atomic E-state index is 10.3. The average Bonchev–Trinajstić information content (AvgIpc) is 3.08. The molecular weight excluding hydrogens is 350 g/mol. The van der Waals surface area contributed by atoms with Crippen molar-refractivity contribution >= 4 is 22.6 Å². The molecule has 0 amide bonds. The molecule has 25 heavy (non-hydrogen) atoms. The Bertz CT molecular complexity index is 553. The normalized spacial score (nSPS) is 34.3. The molecule has 2 fully saturated rings. The molecule has 11 heteroatoms. The smallest absolute Gasteiger partial charge is 0.239 e. The lowest BCUT2D eigenvalue weighted by Crippen LogP contribution is -2.61. The lowest BCUT2D eigenvalue weighted by atomic mass is 9.97. The summed E-state index contributed by atoms with van der Waals surface area (Å²) in [6.07, 6.45) is -4.12. The Labute approximate surface area is 150 Å². The largest absolute Gasteiger partial charge is 0.394 e. The van der Waals surface area contributed by atoms with Crippen LogP contribution in [0.25, 0.3) is 0 Å². The lowest BCUT2D eigenvalue weighted by molar-refractivity contribution is -0.254. The van der Waals surface area contributed by atoms with Gasteiger partial charge < -0.3 is 39.9 Å². The van der Waals surface area contributed by atoms with Crippen LogP contribution in [0.1, 0.15) is 0 Å². The van der Waals surface area contributed by atoms with Crippen LogP contribution in [0.5, 0.6) is 0 Å². The number of nitrogens with one attached hydrogen (secondary N) is 1. The summed E-state index contributed by atoms with van der Waals surface area (Å²) in [5.41, 5.74) is 0. The molecule has 3 rings (SSSR count). The number of ether oxygens (including phenoxy) is 2. The van der Waals surface area contributed by atoms with Gasteiger partial charge in [-0.15, -0.1) is 0 Å². The molecule has 4 N–H and O–H groups in total. The summed E-state index contributed by atoms with van der Waals surface area (Å²) >= 11 is 1.18. The first-order chi connectivity index (χ1) is 12.0. The van der Waals surface area contributed by atoms with Gasteiger partial charge in [-0.3, -0.25) is 0 Å². The maximum absolute atomic E-state index is 10.3. The SMILES string of the molecule is CO[C@@H]1O[C@H](CO)[C@H](O)[C@H](O)[C@H]1Nc1nc(N2CCN(C)CC2)ns1. The molecule has 3 heterocycles. The molecule has 10 nitrogen and oxygen atoms in total. The van der Waals surface area contributed by atoms with Crippen molar-refractivity contribution in [2.75, 3.05) is 57.2 Å². The van der Waals surface area contributed by atoms with E-state index in [4.69, 9.17) is 9.47 Å². The second kappa shape index (κ2) is 8.08. The third-order valence-corrected chi connectivity index (χ3v) is 5.24. The zero-order valence-corrected chi connectivity index (χ0v) is 15.1. The molecule has 142 valence electrons. The van der Waals surface area contributed by atoms with Gasteiger partial charge in [-0.2, -0.15) is 9.36 Å². The molecule has 0 bridgehead atoms. The van der Waals surface area contributed by atoms with Gasteiger partial charge in [0.05, 0.1) is 6.61 Å². The van der Waals surface area contributed by atoms with E-state index in [9.17, 15) is 15.3 Å². The zero-order valence-electron chi connectivity index (χ0n) is 14.3. The van der Waals surface area contributed by atoms with Crippen molar-refractivity contribution < 1.29 is 24.8 Å². The van der Waals surface area contributed by atoms with E-state index in [1.54, 1.807) is 0 Å². The Kier molecular flexibility index (Phi) is 6.04. The van der Waals surface area contributed by atoms with E-state index in [1.807, 2.05) is 0 Å². The summed E-state index contributed by atoms with van der Waals surface area (Å²) in [5.74, 6) is 0.648. The summed E-state index contributed by atoms with van der Waals surface area (Å²) in [7, 11) is 3.52. The van der Waals surface area contributed by atoms with Gasteiger partial charge in [0, 0.05) is 44.8 Å². The van der Waals surface area contributed by atoms with Crippen LogP contribution in [-0.2, 0) is 9.47 Å². The van der Waals surface area contributed by atoms with E-state index in [1.165, 1.54) is 18.6 Å². The molecule has 0 saturated carbocycles. The summed E-state index contributed by atoms with van der Waals surface area (Å²) in [6, 6.07) is -0.726. The molecular formula is C14H25N5O5S. The van der Waals surface area contributed by atoms with Gasteiger partial charge in [-0.1, -0.05) is 0 Å². The standard InChI is InChI=1S/C14H25N5O5S/c1-18-3-5-19(6-4-18)13-16-14(25-17-13)15-9-11(22)10(21)8(7-20)24-12(9)23-2/h8-12,20-22H,3-7H2,1-2H3,(H,15,16,17)/t8-,9-,10+,11-,12-/m1/s1. The first-order valence-electron chi connectivity index (χ1n) is 8.22. The van der Waals surface area contributed by atoms with Gasteiger partial charge in [-0.25, -0.2) is 0 Å². The number of methoxy groups -OCH3 is 1. The second-order valence-electron chi connectivity index (χ2n) is 6.30. The molecule has 5 atom stereocenters. The van der Waals surface area contributed by atoms with E-state index in [0.29, 0.717) is 11.1 Å². The number of likely N-dealkylation sites (N-methyl/N-ethyl adjacent to an activating group) is 1. The quantitative estimate of drug-likeness (QED) is 0.466. The minimum atomic E-state index is -1.22. The Hall–Kier alpha value is -1.08. The number of hydrogen-bond donors (Lipinski definition) is 4. The van der Waals surface area contributed by atoms with Crippen LogP contribution in [0.2, 0.25) is 0 Å². The van der Waals surface area contributed by atoms with Crippen LogP contribution in [0, 0.1) is 0 Å². The highest BCUT2D eigenvalue weighted by Crippen LogP contribution is 2.26. The molecule has 2 aliphatic heterocycles. The van der Waals surface area contributed by atoms with Crippen molar-refractivity contribution in [3.05, 3.63) is 0 Å². The van der Waals surface area contributed by atoms with Crippen molar-refractivity contribution in [3.63, 3.8) is 0 Å². The Balaban J connectivity index is 1.67. The van der Waals surface area contributed by atoms with E-state index in [-0.39, 0.29) is 0 Å². The molecule has 1 aromatic heterocycles. The number of anilines is 2. The highest BCUT2D eigenvalue weighted by molar-refractivity contribution is 7.09. The summed E-state index contributed by atoms with van der Waals surface area (Å²) in [5, 5.41) is 33.2. The van der Waals surface area contributed by atoms with Crippen molar-refractivity contribution in [2.45, 2.75) is 30.6 Å². The predicted molar refractivity (Wildman–Crippen MR) is 91.8 cm³/mol. The van der Waals surface area contributed by atoms with Crippen LogP contribution in [0.15, 0.2) is 0 Å². The summed E-state index contributed by atoms with van der Waals surface area (Å²) in [4.78, 5) is 8.83. The average molecular weight is 375 g/mol.